The second kappa shape index (κ2) is 4.31. The van der Waals surface area contributed by atoms with Crippen molar-refractivity contribution >= 4 is 5.69 Å². The molecule has 3 heteroatoms. The first kappa shape index (κ1) is 10.6. The highest BCUT2D eigenvalue weighted by Gasteiger charge is 2.04. The predicted octanol–water partition coefficient (Wildman–Crippen LogP) is 3.67. The van der Waals surface area contributed by atoms with Crippen LogP contribution in [0.1, 0.15) is 0 Å². The maximum atomic E-state index is 13.1. The molecule has 2 aromatic rings. The van der Waals surface area contributed by atoms with Crippen molar-refractivity contribution in [2.24, 2.45) is 0 Å². The molecule has 16 heavy (non-hydrogen) atoms. The molecule has 2 rings (SSSR count). The van der Waals surface area contributed by atoms with Crippen LogP contribution >= 0.6 is 0 Å². The van der Waals surface area contributed by atoms with Gasteiger partial charge in [0.1, 0.15) is 0 Å². The molecule has 0 aliphatic heterocycles. The summed E-state index contributed by atoms with van der Waals surface area (Å²) in [6, 6.07) is 11.4. The summed E-state index contributed by atoms with van der Waals surface area (Å²) in [5.74, 6) is -1.65. The van der Waals surface area contributed by atoms with Crippen LogP contribution in [0.25, 0.3) is 11.1 Å². The average Bonchev–Trinajstić information content (AvgIpc) is 2.33. The maximum Gasteiger partial charge on any atom is 0.159 e. The Hall–Kier alpha value is -1.90. The van der Waals surface area contributed by atoms with Gasteiger partial charge in [0.25, 0.3) is 0 Å². The van der Waals surface area contributed by atoms with Crippen LogP contribution < -0.4 is 5.32 Å². The minimum atomic E-state index is -0.827. The molecule has 1 nitrogen and oxygen atoms in total. The van der Waals surface area contributed by atoms with E-state index in [0.29, 0.717) is 5.56 Å². The SMILES string of the molecule is CNc1cccc(-c2ccc(F)c(F)c2)c1. The zero-order valence-electron chi connectivity index (χ0n) is 8.80. The van der Waals surface area contributed by atoms with E-state index in [1.807, 2.05) is 31.3 Å². The lowest BCUT2D eigenvalue weighted by Crippen LogP contribution is -1.89. The number of anilines is 1. The fourth-order valence-corrected chi connectivity index (χ4v) is 1.53. The molecule has 0 spiro atoms. The summed E-state index contributed by atoms with van der Waals surface area (Å²) in [4.78, 5) is 0. The Balaban J connectivity index is 2.46. The number of hydrogen-bond acceptors (Lipinski definition) is 1. The second-order valence-electron chi connectivity index (χ2n) is 3.46. The van der Waals surface area contributed by atoms with E-state index in [2.05, 4.69) is 5.32 Å². The van der Waals surface area contributed by atoms with Crippen molar-refractivity contribution in [3.05, 3.63) is 54.1 Å². The normalized spacial score (nSPS) is 10.2. The standard InChI is InChI=1S/C13H11F2N/c1-16-11-4-2-3-9(7-11)10-5-6-12(14)13(15)8-10/h2-8,16H,1H3. The third-order valence-corrected chi connectivity index (χ3v) is 2.40. The summed E-state index contributed by atoms with van der Waals surface area (Å²) in [5, 5.41) is 3.00. The van der Waals surface area contributed by atoms with Gasteiger partial charge in [0, 0.05) is 12.7 Å². The van der Waals surface area contributed by atoms with Crippen LogP contribution in [0.2, 0.25) is 0 Å². The predicted molar refractivity (Wildman–Crippen MR) is 61.3 cm³/mol. The number of benzene rings is 2. The molecule has 0 heterocycles. The summed E-state index contributed by atoms with van der Waals surface area (Å²) in [6.07, 6.45) is 0. The van der Waals surface area contributed by atoms with E-state index in [-0.39, 0.29) is 0 Å². The molecule has 0 bridgehead atoms. The average molecular weight is 219 g/mol. The molecule has 0 aliphatic rings. The molecule has 0 aromatic heterocycles. The monoisotopic (exact) mass is 219 g/mol. The summed E-state index contributed by atoms with van der Waals surface area (Å²) in [5.41, 5.74) is 2.45. The van der Waals surface area contributed by atoms with E-state index in [4.69, 9.17) is 0 Å². The molecular formula is C13H11F2N. The molecule has 0 atom stereocenters. The van der Waals surface area contributed by atoms with E-state index >= 15 is 0 Å². The Kier molecular flexibility index (Phi) is 2.86. The summed E-state index contributed by atoms with van der Waals surface area (Å²) >= 11 is 0. The molecule has 0 saturated heterocycles. The molecule has 2 aromatic carbocycles. The van der Waals surface area contributed by atoms with Crippen molar-refractivity contribution in [3.8, 4) is 11.1 Å². The molecule has 0 amide bonds. The quantitative estimate of drug-likeness (QED) is 0.812. The smallest absolute Gasteiger partial charge is 0.159 e. The van der Waals surface area contributed by atoms with E-state index in [1.165, 1.54) is 6.07 Å². The third-order valence-electron chi connectivity index (χ3n) is 2.40. The molecule has 1 N–H and O–H groups in total. The first-order valence-corrected chi connectivity index (χ1v) is 4.94. The van der Waals surface area contributed by atoms with Gasteiger partial charge in [-0.1, -0.05) is 18.2 Å². The van der Waals surface area contributed by atoms with Crippen LogP contribution in [0, 0.1) is 11.6 Å². The largest absolute Gasteiger partial charge is 0.388 e. The topological polar surface area (TPSA) is 12.0 Å². The van der Waals surface area contributed by atoms with Gasteiger partial charge in [0.2, 0.25) is 0 Å². The molecule has 0 radical (unpaired) electrons. The van der Waals surface area contributed by atoms with Crippen molar-refractivity contribution in [2.75, 3.05) is 12.4 Å². The molecule has 0 unspecified atom stereocenters. The van der Waals surface area contributed by atoms with Crippen LogP contribution in [-0.4, -0.2) is 7.05 Å². The van der Waals surface area contributed by atoms with Crippen LogP contribution in [0.4, 0.5) is 14.5 Å². The lowest BCUT2D eigenvalue weighted by atomic mass is 10.0. The van der Waals surface area contributed by atoms with E-state index in [1.54, 1.807) is 6.07 Å². The van der Waals surface area contributed by atoms with Gasteiger partial charge in [0.15, 0.2) is 11.6 Å². The minimum absolute atomic E-state index is 0.663. The number of halogens is 2. The highest BCUT2D eigenvalue weighted by Crippen LogP contribution is 2.23. The van der Waals surface area contributed by atoms with Crippen molar-refractivity contribution in [3.63, 3.8) is 0 Å². The van der Waals surface area contributed by atoms with Crippen LogP contribution in [-0.2, 0) is 0 Å². The first-order chi connectivity index (χ1) is 7.70. The molecule has 82 valence electrons. The van der Waals surface area contributed by atoms with Gasteiger partial charge >= 0.3 is 0 Å². The molecule has 0 aliphatic carbocycles. The Morgan fingerprint density at radius 1 is 0.875 bits per heavy atom. The van der Waals surface area contributed by atoms with Gasteiger partial charge in [0.05, 0.1) is 0 Å². The molecule has 0 fully saturated rings. The Morgan fingerprint density at radius 2 is 1.62 bits per heavy atom. The number of hydrogen-bond donors (Lipinski definition) is 1. The second-order valence-corrected chi connectivity index (χ2v) is 3.46. The van der Waals surface area contributed by atoms with Crippen molar-refractivity contribution in [2.45, 2.75) is 0 Å². The lowest BCUT2D eigenvalue weighted by molar-refractivity contribution is 0.509. The fraction of sp³-hybridized carbons (Fsp3) is 0.0769. The van der Waals surface area contributed by atoms with Crippen molar-refractivity contribution in [1.82, 2.24) is 0 Å². The van der Waals surface area contributed by atoms with Crippen molar-refractivity contribution in [1.29, 1.82) is 0 Å². The Morgan fingerprint density at radius 3 is 2.31 bits per heavy atom. The zero-order valence-corrected chi connectivity index (χ0v) is 8.80. The summed E-state index contributed by atoms with van der Waals surface area (Å²) in [6.45, 7) is 0. The van der Waals surface area contributed by atoms with E-state index in [0.717, 1.165) is 17.3 Å². The van der Waals surface area contributed by atoms with Gasteiger partial charge in [-0.2, -0.15) is 0 Å². The third kappa shape index (κ3) is 2.03. The van der Waals surface area contributed by atoms with Gasteiger partial charge in [-0.25, -0.2) is 8.78 Å². The fourth-order valence-electron chi connectivity index (χ4n) is 1.53. The van der Waals surface area contributed by atoms with E-state index in [9.17, 15) is 8.78 Å². The number of rotatable bonds is 2. The molecule has 0 saturated carbocycles. The zero-order chi connectivity index (χ0) is 11.5. The number of nitrogens with one attached hydrogen (secondary N) is 1. The molecular weight excluding hydrogens is 208 g/mol. The summed E-state index contributed by atoms with van der Waals surface area (Å²) in [7, 11) is 1.81. The van der Waals surface area contributed by atoms with Gasteiger partial charge in [-0.15, -0.1) is 0 Å². The highest BCUT2D eigenvalue weighted by molar-refractivity contribution is 5.68. The summed E-state index contributed by atoms with van der Waals surface area (Å²) < 4.78 is 25.8. The Bertz CT molecular complexity index is 509. The van der Waals surface area contributed by atoms with Crippen molar-refractivity contribution < 1.29 is 8.78 Å². The van der Waals surface area contributed by atoms with Crippen LogP contribution in [0.5, 0.6) is 0 Å². The lowest BCUT2D eigenvalue weighted by Gasteiger charge is -2.05. The van der Waals surface area contributed by atoms with Gasteiger partial charge in [-0.05, 0) is 35.4 Å². The highest BCUT2D eigenvalue weighted by atomic mass is 19.2. The van der Waals surface area contributed by atoms with Crippen LogP contribution in [0.15, 0.2) is 42.5 Å². The first-order valence-electron chi connectivity index (χ1n) is 4.94. The van der Waals surface area contributed by atoms with Gasteiger partial charge in [-0.3, -0.25) is 0 Å². The van der Waals surface area contributed by atoms with Gasteiger partial charge < -0.3 is 5.32 Å². The maximum absolute atomic E-state index is 13.1. The minimum Gasteiger partial charge on any atom is -0.388 e. The van der Waals surface area contributed by atoms with E-state index < -0.39 is 11.6 Å². The Labute approximate surface area is 92.7 Å². The van der Waals surface area contributed by atoms with Crippen LogP contribution in [0.3, 0.4) is 0 Å².